The van der Waals surface area contributed by atoms with Gasteiger partial charge < -0.3 is 9.84 Å². The first-order valence-corrected chi connectivity index (χ1v) is 9.02. The average molecular weight is 335 g/mol. The van der Waals surface area contributed by atoms with Crippen LogP contribution in [0, 0.1) is 0 Å². The van der Waals surface area contributed by atoms with Crippen LogP contribution in [0.1, 0.15) is 92.0 Å². The van der Waals surface area contributed by atoms with Gasteiger partial charge in [0.25, 0.3) is 0 Å². The molecule has 134 valence electrons. The van der Waals surface area contributed by atoms with Gasteiger partial charge in [-0.15, -0.1) is 0 Å². The van der Waals surface area contributed by atoms with Gasteiger partial charge in [-0.25, -0.2) is 14.6 Å². The Morgan fingerprint density at radius 2 is 1.58 bits per heavy atom. The van der Waals surface area contributed by atoms with Gasteiger partial charge in [-0.05, 0) is 18.6 Å². The largest absolute Gasteiger partial charge is 0.476 e. The monoisotopic (exact) mass is 335 g/mol. The number of pyridine rings is 1. The van der Waals surface area contributed by atoms with Crippen LogP contribution in [0.15, 0.2) is 18.3 Å². The van der Waals surface area contributed by atoms with Gasteiger partial charge in [0.1, 0.15) is 0 Å². The number of unbranched alkanes of at least 4 members (excludes halogenated alkanes) is 9. The van der Waals surface area contributed by atoms with Crippen LogP contribution in [0.5, 0.6) is 0 Å². The zero-order chi connectivity index (χ0) is 17.6. The maximum absolute atomic E-state index is 11.9. The van der Waals surface area contributed by atoms with Crippen LogP contribution in [-0.4, -0.2) is 28.6 Å². The Bertz CT molecular complexity index is 502. The third-order valence-electron chi connectivity index (χ3n) is 3.96. The summed E-state index contributed by atoms with van der Waals surface area (Å²) in [5, 5.41) is 9.00. The van der Waals surface area contributed by atoms with Crippen molar-refractivity contribution in [1.82, 2.24) is 4.98 Å². The van der Waals surface area contributed by atoms with Crippen LogP contribution >= 0.6 is 0 Å². The number of carboxylic acids is 1. The number of ether oxygens (including phenoxy) is 1. The lowest BCUT2D eigenvalue weighted by Crippen LogP contribution is -2.13. The van der Waals surface area contributed by atoms with E-state index in [1.807, 2.05) is 0 Å². The second-order valence-corrected chi connectivity index (χ2v) is 6.02. The molecule has 0 saturated carbocycles. The van der Waals surface area contributed by atoms with Crippen LogP contribution in [0.3, 0.4) is 0 Å². The zero-order valence-corrected chi connectivity index (χ0v) is 14.6. The number of hydrogen-bond donors (Lipinski definition) is 1. The Balaban J connectivity index is 2.09. The Labute approximate surface area is 144 Å². The minimum atomic E-state index is -1.22. The molecule has 0 saturated heterocycles. The van der Waals surface area contributed by atoms with Crippen molar-refractivity contribution in [3.05, 3.63) is 29.6 Å². The summed E-state index contributed by atoms with van der Waals surface area (Å²) in [5.41, 5.74) is -0.248. The predicted octanol–water partition coefficient (Wildman–Crippen LogP) is 4.86. The van der Waals surface area contributed by atoms with E-state index in [0.29, 0.717) is 6.61 Å². The zero-order valence-electron chi connectivity index (χ0n) is 14.6. The van der Waals surface area contributed by atoms with Crippen LogP contribution in [0.4, 0.5) is 0 Å². The quantitative estimate of drug-likeness (QED) is 0.411. The van der Waals surface area contributed by atoms with Gasteiger partial charge in [0.05, 0.1) is 12.2 Å². The molecule has 0 amide bonds. The Morgan fingerprint density at radius 3 is 2.17 bits per heavy atom. The molecule has 24 heavy (non-hydrogen) atoms. The Morgan fingerprint density at radius 1 is 1.00 bits per heavy atom. The van der Waals surface area contributed by atoms with Gasteiger partial charge in [0, 0.05) is 6.20 Å². The van der Waals surface area contributed by atoms with Crippen LogP contribution in [0.25, 0.3) is 0 Å². The highest BCUT2D eigenvalue weighted by atomic mass is 16.5. The average Bonchev–Trinajstić information content (AvgIpc) is 2.59. The first kappa shape index (κ1) is 20.1. The molecular weight excluding hydrogens is 306 g/mol. The molecule has 0 aliphatic carbocycles. The molecule has 0 bridgehead atoms. The van der Waals surface area contributed by atoms with Crippen molar-refractivity contribution in [1.29, 1.82) is 0 Å². The number of hydrogen-bond acceptors (Lipinski definition) is 4. The molecule has 0 atom stereocenters. The van der Waals surface area contributed by atoms with E-state index < -0.39 is 11.9 Å². The topological polar surface area (TPSA) is 76.5 Å². The molecule has 0 aliphatic rings. The number of aromatic carboxylic acids is 1. The van der Waals surface area contributed by atoms with Crippen molar-refractivity contribution in [2.24, 2.45) is 0 Å². The second kappa shape index (κ2) is 12.5. The first-order valence-electron chi connectivity index (χ1n) is 9.02. The van der Waals surface area contributed by atoms with Gasteiger partial charge in [-0.2, -0.15) is 0 Å². The van der Waals surface area contributed by atoms with Crippen molar-refractivity contribution >= 4 is 11.9 Å². The number of carbonyl (C=O) groups is 2. The lowest BCUT2D eigenvalue weighted by Gasteiger charge is -2.06. The lowest BCUT2D eigenvalue weighted by atomic mass is 10.1. The standard InChI is InChI=1S/C19H29NO4/c1-2-3-4-5-6-7-8-9-10-11-15-24-19(23)16-13-12-14-20-17(16)18(21)22/h12-14H,2-11,15H2,1H3,(H,21,22). The predicted molar refractivity (Wildman–Crippen MR) is 93.3 cm³/mol. The molecule has 1 heterocycles. The molecule has 0 aromatic carbocycles. The molecular formula is C19H29NO4. The summed E-state index contributed by atoms with van der Waals surface area (Å²) in [6.45, 7) is 2.55. The number of carbonyl (C=O) groups excluding carboxylic acids is 1. The highest BCUT2D eigenvalue weighted by Gasteiger charge is 2.18. The maximum atomic E-state index is 11.9. The third-order valence-corrected chi connectivity index (χ3v) is 3.96. The van der Waals surface area contributed by atoms with Crippen molar-refractivity contribution in [2.75, 3.05) is 6.61 Å². The highest BCUT2D eigenvalue weighted by molar-refractivity contribution is 6.00. The fourth-order valence-electron chi connectivity index (χ4n) is 2.57. The van der Waals surface area contributed by atoms with Gasteiger partial charge in [-0.1, -0.05) is 64.7 Å². The van der Waals surface area contributed by atoms with E-state index in [-0.39, 0.29) is 11.3 Å². The van der Waals surface area contributed by atoms with Gasteiger partial charge >= 0.3 is 11.9 Å². The molecule has 0 unspecified atom stereocenters. The van der Waals surface area contributed by atoms with E-state index in [1.54, 1.807) is 0 Å². The summed E-state index contributed by atoms with van der Waals surface area (Å²) in [4.78, 5) is 26.6. The second-order valence-electron chi connectivity index (χ2n) is 6.02. The van der Waals surface area contributed by atoms with Crippen LogP contribution in [-0.2, 0) is 4.74 Å². The summed E-state index contributed by atoms with van der Waals surface area (Å²) in [6, 6.07) is 2.96. The summed E-state index contributed by atoms with van der Waals surface area (Å²) in [5.74, 6) is -1.84. The van der Waals surface area contributed by atoms with Gasteiger partial charge in [-0.3, -0.25) is 0 Å². The molecule has 0 fully saturated rings. The minimum absolute atomic E-state index is 0.0112. The molecule has 0 radical (unpaired) electrons. The summed E-state index contributed by atoms with van der Waals surface area (Å²) >= 11 is 0. The fraction of sp³-hybridized carbons (Fsp3) is 0.632. The van der Waals surface area contributed by atoms with Gasteiger partial charge in [0.15, 0.2) is 5.69 Å². The van der Waals surface area contributed by atoms with Gasteiger partial charge in [0.2, 0.25) is 0 Å². The number of esters is 1. The van der Waals surface area contributed by atoms with E-state index in [9.17, 15) is 9.59 Å². The van der Waals surface area contributed by atoms with E-state index >= 15 is 0 Å². The van der Waals surface area contributed by atoms with Crippen LogP contribution < -0.4 is 0 Å². The van der Waals surface area contributed by atoms with E-state index in [4.69, 9.17) is 9.84 Å². The molecule has 1 N–H and O–H groups in total. The van der Waals surface area contributed by atoms with Crippen molar-refractivity contribution in [2.45, 2.75) is 71.1 Å². The number of aromatic nitrogens is 1. The lowest BCUT2D eigenvalue weighted by molar-refractivity contribution is 0.0486. The van der Waals surface area contributed by atoms with E-state index in [0.717, 1.165) is 19.3 Å². The fourth-order valence-corrected chi connectivity index (χ4v) is 2.57. The van der Waals surface area contributed by atoms with Crippen molar-refractivity contribution in [3.8, 4) is 0 Å². The summed E-state index contributed by atoms with van der Waals surface area (Å²) in [7, 11) is 0. The highest BCUT2D eigenvalue weighted by Crippen LogP contribution is 2.11. The summed E-state index contributed by atoms with van der Waals surface area (Å²) < 4.78 is 5.15. The molecule has 5 heteroatoms. The SMILES string of the molecule is CCCCCCCCCCCCOC(=O)c1cccnc1C(=O)O. The van der Waals surface area contributed by atoms with Crippen molar-refractivity contribution in [3.63, 3.8) is 0 Å². The minimum Gasteiger partial charge on any atom is -0.476 e. The Kier molecular flexibility index (Phi) is 10.5. The smallest absolute Gasteiger partial charge is 0.355 e. The van der Waals surface area contributed by atoms with Crippen LogP contribution in [0.2, 0.25) is 0 Å². The summed E-state index contributed by atoms with van der Waals surface area (Å²) in [6.07, 6.45) is 13.5. The van der Waals surface area contributed by atoms with E-state index in [2.05, 4.69) is 11.9 Å². The molecule has 1 aromatic heterocycles. The molecule has 0 aliphatic heterocycles. The van der Waals surface area contributed by atoms with Crippen molar-refractivity contribution < 1.29 is 19.4 Å². The third kappa shape index (κ3) is 8.09. The maximum Gasteiger partial charge on any atom is 0.355 e. The molecule has 0 spiro atoms. The molecule has 1 rings (SSSR count). The normalized spacial score (nSPS) is 10.5. The van der Waals surface area contributed by atoms with E-state index in [1.165, 1.54) is 63.3 Å². The number of rotatable bonds is 13. The molecule has 1 aromatic rings. The number of carboxylic acid groups (broad SMARTS) is 1. The molecule has 5 nitrogen and oxygen atoms in total. The first-order chi connectivity index (χ1) is 11.7. The Hall–Kier alpha value is -1.91. The number of nitrogens with zero attached hydrogens (tertiary/aromatic N) is 1.